The summed E-state index contributed by atoms with van der Waals surface area (Å²) in [6.45, 7) is 3.93. The molecule has 0 aromatic rings. The maximum absolute atomic E-state index is 10.1. The van der Waals surface area contributed by atoms with Crippen molar-refractivity contribution in [2.24, 2.45) is 0 Å². The van der Waals surface area contributed by atoms with E-state index < -0.39 is 35.6 Å². The number of carboxylic acid groups (broad SMARTS) is 5. The van der Waals surface area contributed by atoms with Gasteiger partial charge >= 0.3 is 29.8 Å². The summed E-state index contributed by atoms with van der Waals surface area (Å²) >= 11 is 0. The molecule has 39 heavy (non-hydrogen) atoms. The molecule has 0 amide bonds. The van der Waals surface area contributed by atoms with Gasteiger partial charge in [-0.1, -0.05) is 0 Å². The molecule has 0 aliphatic carbocycles. The zero-order valence-electron chi connectivity index (χ0n) is 21.9. The number of carbonyl (C=O) groups is 7. The van der Waals surface area contributed by atoms with Gasteiger partial charge in [-0.05, 0) is 20.8 Å². The van der Waals surface area contributed by atoms with Gasteiger partial charge in [0.25, 0.3) is 0 Å². The number of carbonyl (C=O) groups excluding carboxylic acids is 2. The summed E-state index contributed by atoms with van der Waals surface area (Å²) in [4.78, 5) is 72.4. The smallest absolute Gasteiger partial charge is 0.303 e. The lowest BCUT2D eigenvalue weighted by molar-refractivity contribution is -0.386. The fourth-order valence-electron chi connectivity index (χ4n) is 1.16. The van der Waals surface area contributed by atoms with Crippen molar-refractivity contribution >= 4 is 41.4 Å². The average Bonchev–Trinajstić information content (AvgIpc) is 2.82. The van der Waals surface area contributed by atoms with Crippen LogP contribution in [0.4, 0.5) is 0 Å². The van der Waals surface area contributed by atoms with Crippen LogP contribution in [0.1, 0.15) is 72.1 Å². The van der Waals surface area contributed by atoms with Crippen LogP contribution in [0.3, 0.4) is 0 Å². The molecule has 0 aromatic heterocycles. The van der Waals surface area contributed by atoms with Crippen molar-refractivity contribution in [3.05, 3.63) is 0 Å². The monoisotopic (exact) mass is 584 g/mol. The van der Waals surface area contributed by atoms with Crippen LogP contribution in [0, 0.1) is 0 Å². The van der Waals surface area contributed by atoms with Gasteiger partial charge in [0, 0.05) is 26.4 Å². The van der Waals surface area contributed by atoms with Crippen LogP contribution < -0.4 is 0 Å². The summed E-state index contributed by atoms with van der Waals surface area (Å²) in [6.07, 6.45) is -0.771. The molecular weight excluding hydrogens is 544 g/mol. The molecule has 0 saturated carbocycles. The minimum atomic E-state index is -1.75. The van der Waals surface area contributed by atoms with Crippen molar-refractivity contribution in [3.8, 4) is 0 Å². The topological polar surface area (TPSA) is 363 Å². The van der Waals surface area contributed by atoms with E-state index in [1.54, 1.807) is 0 Å². The molecule has 0 bridgehead atoms. The van der Waals surface area contributed by atoms with Gasteiger partial charge in [0.05, 0.1) is 32.1 Å². The van der Waals surface area contributed by atoms with Crippen molar-refractivity contribution in [1.82, 2.24) is 0 Å². The van der Waals surface area contributed by atoms with E-state index in [1.807, 2.05) is 0 Å². The van der Waals surface area contributed by atoms with Crippen molar-refractivity contribution < 1.29 is 95.4 Å². The zero-order valence-corrected chi connectivity index (χ0v) is 21.9. The number of hydrogen-bond acceptors (Lipinski definition) is 13. The Balaban J connectivity index is -0.0000000667. The second kappa shape index (κ2) is 36.6. The first kappa shape index (κ1) is 51.9. The normalized spacial score (nSPS) is 9.77. The van der Waals surface area contributed by atoms with E-state index in [1.165, 1.54) is 20.8 Å². The van der Waals surface area contributed by atoms with Gasteiger partial charge in [0.2, 0.25) is 0 Å². The number of rotatable bonds is 13. The molecule has 0 saturated heterocycles. The number of ketones is 2. The number of aliphatic carboxylic acids is 5. The van der Waals surface area contributed by atoms with E-state index in [4.69, 9.17) is 51.5 Å². The largest absolute Gasteiger partial charge is 0.481 e. The van der Waals surface area contributed by atoms with E-state index >= 15 is 0 Å². The highest BCUT2D eigenvalue weighted by atomic mass is 17.1. The molecule has 1 atom stereocenters. The Kier molecular flexibility index (Phi) is 48.7. The predicted octanol–water partition coefficient (Wildman–Crippen LogP) is -0.333. The Labute approximate surface area is 222 Å². The summed E-state index contributed by atoms with van der Waals surface area (Å²) in [5.74, 6) is -6.93. The van der Waals surface area contributed by atoms with Crippen molar-refractivity contribution in [2.45, 2.75) is 77.9 Å². The molecule has 0 radical (unpaired) electrons. The van der Waals surface area contributed by atoms with Gasteiger partial charge in [0.1, 0.15) is 11.6 Å². The Morgan fingerprint density at radius 2 is 0.769 bits per heavy atom. The molecule has 12 N–H and O–H groups in total. The van der Waals surface area contributed by atoms with Crippen LogP contribution in [0.15, 0.2) is 0 Å². The molecule has 19 heteroatoms. The second-order valence-corrected chi connectivity index (χ2v) is 6.64. The minimum Gasteiger partial charge on any atom is -0.481 e. The van der Waals surface area contributed by atoms with E-state index in [0.717, 1.165) is 7.11 Å². The zero-order chi connectivity index (χ0) is 31.9. The number of carboxylic acids is 5. The Morgan fingerprint density at radius 1 is 0.564 bits per heavy atom. The summed E-state index contributed by atoms with van der Waals surface area (Å²) in [6, 6.07) is 0. The Morgan fingerprint density at radius 3 is 0.897 bits per heavy atom. The highest BCUT2D eigenvalue weighted by Crippen LogP contribution is 2.11. The van der Waals surface area contributed by atoms with E-state index in [0.29, 0.717) is 0 Å². The number of Topliss-reactive ketones (excluding diaryl/α,β-unsaturated/α-hetero) is 2. The molecule has 0 aliphatic heterocycles. The first-order chi connectivity index (χ1) is 17.4. The highest BCUT2D eigenvalue weighted by molar-refractivity contribution is 5.80. The quantitative estimate of drug-likeness (QED) is 0.0751. The maximum atomic E-state index is 10.1. The SMILES string of the molecule is CC(=O)CCC(=O)O.CC(=O)CCC(=O)O.CC(O)(CCC(=O)O)OO.CO.O.O=C(O)CCC(=O)O.OO. The molecule has 19 nitrogen and oxygen atoms in total. The molecule has 0 heterocycles. The van der Waals surface area contributed by atoms with Gasteiger partial charge < -0.3 is 50.8 Å². The van der Waals surface area contributed by atoms with Crippen LogP contribution in [0.2, 0.25) is 0 Å². The minimum absolute atomic E-state index is 0. The fraction of sp³-hybridized carbons (Fsp3) is 0.650. The lowest BCUT2D eigenvalue weighted by Crippen LogP contribution is -2.27. The number of hydrogen-bond donors (Lipinski definition) is 10. The van der Waals surface area contributed by atoms with E-state index in [-0.39, 0.29) is 68.4 Å². The summed E-state index contributed by atoms with van der Waals surface area (Å²) in [5, 5.41) is 75.7. The molecule has 0 aliphatic rings. The lowest BCUT2D eigenvalue weighted by atomic mass is 10.2. The number of aliphatic hydroxyl groups excluding tert-OH is 1. The standard InChI is InChI=1S/C5H10O5.2C5H8O3.C4H6O4.CH4O.H2O2.H2O/c1-5(8,10-9)3-2-4(6)7;2*1-4(6)2-3-5(7)8;5-3(6)1-2-4(7)8;2*1-2;/h8-9H,2-3H2,1H3,(H,6,7);2*2-3H2,1H3,(H,7,8);1-2H2,(H,5,6)(H,7,8);2H,1H3;1-2H;1H2. The fourth-order valence-corrected chi connectivity index (χ4v) is 1.16. The van der Waals surface area contributed by atoms with Gasteiger partial charge in [-0.2, -0.15) is 0 Å². The van der Waals surface area contributed by atoms with Crippen molar-refractivity contribution in [3.63, 3.8) is 0 Å². The third-order valence-electron chi connectivity index (χ3n) is 2.93. The maximum Gasteiger partial charge on any atom is 0.303 e. The number of aliphatic hydroxyl groups is 2. The first-order valence-electron chi connectivity index (χ1n) is 10.1. The summed E-state index contributed by atoms with van der Waals surface area (Å²) < 4.78 is 0. The predicted molar refractivity (Wildman–Crippen MR) is 128 cm³/mol. The first-order valence-corrected chi connectivity index (χ1v) is 10.1. The van der Waals surface area contributed by atoms with Crippen LogP contribution in [0.5, 0.6) is 0 Å². The van der Waals surface area contributed by atoms with Crippen LogP contribution in [-0.2, 0) is 38.4 Å². The molecule has 0 aromatic carbocycles. The molecule has 0 rings (SSSR count). The third kappa shape index (κ3) is 86.8. The average molecular weight is 585 g/mol. The molecule has 1 unspecified atom stereocenters. The summed E-state index contributed by atoms with van der Waals surface area (Å²) in [5.41, 5.74) is 0. The molecule has 0 fully saturated rings. The van der Waals surface area contributed by atoms with Crippen molar-refractivity contribution in [2.75, 3.05) is 7.11 Å². The van der Waals surface area contributed by atoms with Gasteiger partial charge in [-0.25, -0.2) is 10.1 Å². The molecule has 0 spiro atoms. The third-order valence-corrected chi connectivity index (χ3v) is 2.93. The van der Waals surface area contributed by atoms with Gasteiger partial charge in [0.15, 0.2) is 5.79 Å². The van der Waals surface area contributed by atoms with Crippen LogP contribution in [0.25, 0.3) is 0 Å². The highest BCUT2D eigenvalue weighted by Gasteiger charge is 2.21. The Bertz CT molecular complexity index is 563. The second-order valence-electron chi connectivity index (χ2n) is 6.64. The van der Waals surface area contributed by atoms with Crippen LogP contribution in [-0.4, -0.2) is 111 Å². The Hall–Kier alpha value is -3.59. The lowest BCUT2D eigenvalue weighted by Gasteiger charge is -2.16. The van der Waals surface area contributed by atoms with Gasteiger partial charge in [-0.3, -0.25) is 34.5 Å². The van der Waals surface area contributed by atoms with E-state index in [2.05, 4.69) is 4.89 Å². The molecule has 234 valence electrons. The van der Waals surface area contributed by atoms with E-state index in [9.17, 15) is 33.6 Å². The van der Waals surface area contributed by atoms with Crippen LogP contribution >= 0.6 is 0 Å². The summed E-state index contributed by atoms with van der Waals surface area (Å²) in [7, 11) is 1.00. The molecular formula is C20H40O19. The van der Waals surface area contributed by atoms with Gasteiger partial charge in [-0.15, -0.1) is 0 Å². The van der Waals surface area contributed by atoms with Crippen molar-refractivity contribution in [1.29, 1.82) is 0 Å².